The molecule has 1 heterocycles. The molecule has 1 aromatic heterocycles. The van der Waals surface area contributed by atoms with Gasteiger partial charge in [-0.25, -0.2) is 0 Å². The van der Waals surface area contributed by atoms with Crippen molar-refractivity contribution in [2.45, 2.75) is 0 Å². The molecule has 0 aliphatic carbocycles. The predicted octanol–water partition coefficient (Wildman–Crippen LogP) is 0.713. The van der Waals surface area contributed by atoms with E-state index in [2.05, 4.69) is 10.6 Å². The van der Waals surface area contributed by atoms with Crippen LogP contribution in [-0.4, -0.2) is 37.3 Å². The summed E-state index contributed by atoms with van der Waals surface area (Å²) in [7, 11) is 3.31. The van der Waals surface area contributed by atoms with E-state index in [1.165, 1.54) is 6.07 Å². The lowest BCUT2D eigenvalue weighted by atomic mass is 10.2. The topological polar surface area (TPSA) is 72.4 Å². The van der Waals surface area contributed by atoms with Gasteiger partial charge >= 0.3 is 0 Å². The Bertz CT molecular complexity index is 694. The number of pyridine rings is 1. The molecule has 0 aliphatic heterocycles. The van der Waals surface area contributed by atoms with Crippen molar-refractivity contribution < 1.29 is 9.53 Å². The Balaban J connectivity index is 2.14. The summed E-state index contributed by atoms with van der Waals surface area (Å²) in [5.74, 6) is -0.142. The Morgan fingerprint density at radius 1 is 1.33 bits per heavy atom. The molecule has 0 atom stereocenters. The number of aromatic nitrogens is 1. The number of methoxy groups -OCH3 is 1. The molecule has 0 radical (unpaired) electrons. The number of para-hydroxylation sites is 1. The second-order valence-corrected chi connectivity index (χ2v) is 4.67. The summed E-state index contributed by atoms with van der Waals surface area (Å²) in [5, 5.41) is 6.64. The van der Waals surface area contributed by atoms with Crippen molar-refractivity contribution in [3.8, 4) is 0 Å². The van der Waals surface area contributed by atoms with E-state index < -0.39 is 0 Å². The molecule has 6 nitrogen and oxygen atoms in total. The Kier molecular flexibility index (Phi) is 4.94. The van der Waals surface area contributed by atoms with Gasteiger partial charge in [-0.3, -0.25) is 9.59 Å². The molecular formula is C15H19N3O3. The minimum atomic E-state index is -0.142. The maximum atomic E-state index is 11.9. The third-order valence-corrected chi connectivity index (χ3v) is 3.22. The Hall–Kier alpha value is -2.34. The Morgan fingerprint density at radius 3 is 2.86 bits per heavy atom. The predicted molar refractivity (Wildman–Crippen MR) is 82.6 cm³/mol. The number of carbonyl (C=O) groups excluding carboxylic acids is 1. The highest BCUT2D eigenvalue weighted by Crippen LogP contribution is 2.20. The molecule has 1 aromatic carbocycles. The van der Waals surface area contributed by atoms with Crippen LogP contribution in [0.5, 0.6) is 0 Å². The maximum Gasteiger partial charge on any atom is 0.252 e. The van der Waals surface area contributed by atoms with Crippen molar-refractivity contribution in [1.82, 2.24) is 9.88 Å². The number of hydrogen-bond acceptors (Lipinski definition) is 4. The van der Waals surface area contributed by atoms with Gasteiger partial charge in [-0.2, -0.15) is 0 Å². The summed E-state index contributed by atoms with van der Waals surface area (Å²) in [4.78, 5) is 23.6. The number of aryl methyl sites for hydroxylation is 1. The molecule has 6 heteroatoms. The number of amides is 1. The van der Waals surface area contributed by atoms with E-state index in [1.807, 2.05) is 24.3 Å². The summed E-state index contributed by atoms with van der Waals surface area (Å²) in [6, 6.07) is 9.07. The van der Waals surface area contributed by atoms with E-state index in [9.17, 15) is 9.59 Å². The van der Waals surface area contributed by atoms with E-state index in [-0.39, 0.29) is 18.0 Å². The Morgan fingerprint density at radius 2 is 2.10 bits per heavy atom. The molecule has 112 valence electrons. The highest BCUT2D eigenvalue weighted by Gasteiger charge is 2.07. The quantitative estimate of drug-likeness (QED) is 0.768. The van der Waals surface area contributed by atoms with Crippen LogP contribution in [0.4, 0.5) is 5.69 Å². The van der Waals surface area contributed by atoms with Crippen molar-refractivity contribution in [1.29, 1.82) is 0 Å². The molecule has 0 spiro atoms. The highest BCUT2D eigenvalue weighted by molar-refractivity contribution is 5.93. The van der Waals surface area contributed by atoms with Crippen LogP contribution in [0.1, 0.15) is 0 Å². The molecule has 0 saturated heterocycles. The average molecular weight is 289 g/mol. The fourth-order valence-electron chi connectivity index (χ4n) is 2.09. The van der Waals surface area contributed by atoms with Crippen molar-refractivity contribution in [2.24, 2.45) is 7.05 Å². The van der Waals surface area contributed by atoms with Crippen molar-refractivity contribution in [2.75, 3.05) is 32.1 Å². The van der Waals surface area contributed by atoms with Gasteiger partial charge in [-0.15, -0.1) is 0 Å². The number of anilines is 1. The summed E-state index contributed by atoms with van der Waals surface area (Å²) in [6.45, 7) is 1.05. The highest BCUT2D eigenvalue weighted by atomic mass is 16.5. The fourth-order valence-corrected chi connectivity index (χ4v) is 2.09. The molecule has 2 aromatic rings. The zero-order valence-electron chi connectivity index (χ0n) is 12.2. The van der Waals surface area contributed by atoms with Crippen LogP contribution in [0.15, 0.2) is 35.1 Å². The third-order valence-electron chi connectivity index (χ3n) is 3.22. The molecule has 0 unspecified atom stereocenters. The number of fused-ring (bicyclic) bond motifs is 1. The number of rotatable bonds is 6. The first-order valence-electron chi connectivity index (χ1n) is 6.71. The summed E-state index contributed by atoms with van der Waals surface area (Å²) in [6.07, 6.45) is 0. The largest absolute Gasteiger partial charge is 0.383 e. The van der Waals surface area contributed by atoms with Crippen LogP contribution in [0, 0.1) is 0 Å². The van der Waals surface area contributed by atoms with Gasteiger partial charge in [-0.1, -0.05) is 18.2 Å². The van der Waals surface area contributed by atoms with Crippen LogP contribution in [0.3, 0.4) is 0 Å². The monoisotopic (exact) mass is 289 g/mol. The van der Waals surface area contributed by atoms with Gasteiger partial charge in [0, 0.05) is 37.8 Å². The lowest BCUT2D eigenvalue weighted by Crippen LogP contribution is -2.32. The van der Waals surface area contributed by atoms with Crippen molar-refractivity contribution in [3.63, 3.8) is 0 Å². The first-order valence-corrected chi connectivity index (χ1v) is 6.71. The first-order chi connectivity index (χ1) is 10.1. The van der Waals surface area contributed by atoms with E-state index in [4.69, 9.17) is 4.74 Å². The zero-order chi connectivity index (χ0) is 15.2. The number of carbonyl (C=O) groups is 1. The van der Waals surface area contributed by atoms with Gasteiger partial charge in [-0.05, 0) is 6.07 Å². The van der Waals surface area contributed by atoms with Crippen LogP contribution < -0.4 is 16.2 Å². The summed E-state index contributed by atoms with van der Waals surface area (Å²) in [5.41, 5.74) is 1.37. The molecule has 0 bridgehead atoms. The van der Waals surface area contributed by atoms with Crippen LogP contribution >= 0.6 is 0 Å². The molecule has 21 heavy (non-hydrogen) atoms. The zero-order valence-corrected chi connectivity index (χ0v) is 12.2. The number of benzene rings is 1. The van der Waals surface area contributed by atoms with E-state index in [0.717, 1.165) is 10.9 Å². The molecule has 2 rings (SSSR count). The third kappa shape index (κ3) is 3.61. The fraction of sp³-hybridized carbons (Fsp3) is 0.333. The smallest absolute Gasteiger partial charge is 0.252 e. The lowest BCUT2D eigenvalue weighted by Gasteiger charge is -2.12. The van der Waals surface area contributed by atoms with E-state index in [1.54, 1.807) is 18.7 Å². The number of ether oxygens (including phenoxy) is 1. The van der Waals surface area contributed by atoms with Gasteiger partial charge in [0.25, 0.3) is 5.56 Å². The van der Waals surface area contributed by atoms with Crippen molar-refractivity contribution in [3.05, 3.63) is 40.7 Å². The second-order valence-electron chi connectivity index (χ2n) is 4.67. The second kappa shape index (κ2) is 6.90. The molecule has 0 saturated carbocycles. The van der Waals surface area contributed by atoms with Gasteiger partial charge in [0.15, 0.2) is 0 Å². The van der Waals surface area contributed by atoms with Crippen LogP contribution in [0.2, 0.25) is 0 Å². The maximum absolute atomic E-state index is 11.9. The minimum absolute atomic E-state index is 0.112. The first kappa shape index (κ1) is 15.1. The van der Waals surface area contributed by atoms with Gasteiger partial charge in [0.1, 0.15) is 0 Å². The molecule has 0 fully saturated rings. The number of nitrogens with zero attached hydrogens (tertiary/aromatic N) is 1. The minimum Gasteiger partial charge on any atom is -0.383 e. The van der Waals surface area contributed by atoms with E-state index >= 15 is 0 Å². The lowest BCUT2D eigenvalue weighted by molar-refractivity contribution is -0.119. The average Bonchev–Trinajstić information content (AvgIpc) is 2.50. The van der Waals surface area contributed by atoms with Crippen LogP contribution in [-0.2, 0) is 16.6 Å². The van der Waals surface area contributed by atoms with Gasteiger partial charge in [0.2, 0.25) is 5.91 Å². The number of hydrogen-bond donors (Lipinski definition) is 2. The van der Waals surface area contributed by atoms with E-state index in [0.29, 0.717) is 18.8 Å². The van der Waals surface area contributed by atoms with Gasteiger partial charge < -0.3 is 19.9 Å². The molecular weight excluding hydrogens is 270 g/mol. The Labute approximate surface area is 122 Å². The standard InChI is InChI=1S/C15H19N3O3/c1-18-13-6-4-3-5-11(13)12(9-15(18)20)17-10-14(19)16-7-8-21-2/h3-6,9,17H,7-8,10H2,1-2H3,(H,16,19). The normalized spacial score (nSPS) is 10.6. The van der Waals surface area contributed by atoms with Crippen molar-refractivity contribution >= 4 is 22.5 Å². The van der Waals surface area contributed by atoms with Crippen LogP contribution in [0.25, 0.3) is 10.9 Å². The number of nitrogens with one attached hydrogen (secondary N) is 2. The van der Waals surface area contributed by atoms with Gasteiger partial charge in [0.05, 0.1) is 18.7 Å². The molecule has 1 amide bonds. The summed E-state index contributed by atoms with van der Waals surface area (Å²) < 4.78 is 6.44. The summed E-state index contributed by atoms with van der Waals surface area (Å²) >= 11 is 0. The molecule has 0 aliphatic rings. The molecule has 2 N–H and O–H groups in total. The SMILES string of the molecule is COCCNC(=O)CNc1cc(=O)n(C)c2ccccc12.